The molecule has 2 N–H and O–H groups in total. The fourth-order valence-electron chi connectivity index (χ4n) is 3.98. The Labute approximate surface area is 206 Å². The third-order valence-corrected chi connectivity index (χ3v) is 5.83. The number of nitrogens with one attached hydrogen (secondary N) is 2. The second-order valence-corrected chi connectivity index (χ2v) is 8.68. The highest BCUT2D eigenvalue weighted by Crippen LogP contribution is 2.27. The van der Waals surface area contributed by atoms with Gasteiger partial charge >= 0.3 is 0 Å². The number of anilines is 1. The van der Waals surface area contributed by atoms with E-state index in [4.69, 9.17) is 16.3 Å². The normalized spacial score (nSPS) is 11.4. The molecule has 8 heteroatoms. The molecular weight excluding hydrogens is 450 g/mol. The summed E-state index contributed by atoms with van der Waals surface area (Å²) in [6, 6.07) is 11.0. The van der Waals surface area contributed by atoms with Gasteiger partial charge in [0.05, 0.1) is 18.5 Å². The highest BCUT2D eigenvalue weighted by Gasteiger charge is 2.14. The summed E-state index contributed by atoms with van der Waals surface area (Å²) in [5, 5.41) is 11.2. The van der Waals surface area contributed by atoms with Gasteiger partial charge in [-0.1, -0.05) is 28.8 Å². The van der Waals surface area contributed by atoms with Gasteiger partial charge in [-0.2, -0.15) is 5.10 Å². The standard InChI is InChI=1S/C26H32ClN5O2/c1-7-32-19(5)22(18(4)31-32)10-11-28-26(29-23-15-21(27)8-9-24(23)34-6)30-25(33)20-13-16(2)12-17(3)14-20/h8-9,12-15H,7,10-11H2,1-6H3,(H2,28,29,30,33). The number of ether oxygens (including phenoxy) is 1. The number of nitrogens with zero attached hydrogens (tertiary/aromatic N) is 3. The van der Waals surface area contributed by atoms with Crippen LogP contribution in [0.3, 0.4) is 0 Å². The molecule has 0 unspecified atom stereocenters. The van der Waals surface area contributed by atoms with Gasteiger partial charge in [-0.25, -0.2) is 0 Å². The Morgan fingerprint density at radius 2 is 1.82 bits per heavy atom. The molecule has 3 aromatic rings. The molecule has 0 saturated carbocycles. The molecule has 0 saturated heterocycles. The monoisotopic (exact) mass is 481 g/mol. The lowest BCUT2D eigenvalue weighted by Gasteiger charge is -2.15. The van der Waals surface area contributed by atoms with Gasteiger partial charge in [-0.05, 0) is 76.9 Å². The summed E-state index contributed by atoms with van der Waals surface area (Å²) in [7, 11) is 1.58. The lowest BCUT2D eigenvalue weighted by molar-refractivity contribution is 0.0976. The maximum Gasteiger partial charge on any atom is 0.257 e. The number of aliphatic imine (C=N–C) groups is 1. The van der Waals surface area contributed by atoms with Crippen LogP contribution in [0, 0.1) is 27.7 Å². The zero-order chi connectivity index (χ0) is 24.8. The Bertz CT molecular complexity index is 1200. The van der Waals surface area contributed by atoms with Gasteiger partial charge in [0.1, 0.15) is 5.75 Å². The van der Waals surface area contributed by atoms with Crippen LogP contribution in [0.4, 0.5) is 5.69 Å². The van der Waals surface area contributed by atoms with Crippen molar-refractivity contribution in [2.75, 3.05) is 19.0 Å². The Balaban J connectivity index is 1.87. The maximum absolute atomic E-state index is 13.1. The quantitative estimate of drug-likeness (QED) is 0.357. The summed E-state index contributed by atoms with van der Waals surface area (Å²) >= 11 is 6.20. The second-order valence-electron chi connectivity index (χ2n) is 8.25. The molecule has 0 fully saturated rings. The molecule has 0 radical (unpaired) electrons. The lowest BCUT2D eigenvalue weighted by atomic mass is 10.1. The van der Waals surface area contributed by atoms with Crippen molar-refractivity contribution in [2.24, 2.45) is 4.99 Å². The predicted molar refractivity (Wildman–Crippen MR) is 138 cm³/mol. The Hall–Kier alpha value is -3.32. The third-order valence-electron chi connectivity index (χ3n) is 5.59. The summed E-state index contributed by atoms with van der Waals surface area (Å²) in [6.45, 7) is 11.4. The molecule has 0 aliphatic heterocycles. The van der Waals surface area contributed by atoms with E-state index in [9.17, 15) is 4.79 Å². The minimum atomic E-state index is -0.245. The fourth-order valence-corrected chi connectivity index (χ4v) is 4.16. The van der Waals surface area contributed by atoms with E-state index in [1.165, 1.54) is 5.56 Å². The van der Waals surface area contributed by atoms with E-state index in [2.05, 4.69) is 34.6 Å². The molecule has 0 atom stereocenters. The Kier molecular flexibility index (Phi) is 8.34. The smallest absolute Gasteiger partial charge is 0.257 e. The van der Waals surface area contributed by atoms with Crippen LogP contribution in [0.2, 0.25) is 5.02 Å². The summed E-state index contributed by atoms with van der Waals surface area (Å²) in [5.41, 5.74) is 6.53. The second kappa shape index (κ2) is 11.2. The minimum Gasteiger partial charge on any atom is -0.495 e. The molecule has 1 amide bonds. The number of hydrogen-bond donors (Lipinski definition) is 2. The van der Waals surface area contributed by atoms with E-state index in [1.807, 2.05) is 43.7 Å². The van der Waals surface area contributed by atoms with Crippen LogP contribution in [-0.4, -0.2) is 35.3 Å². The molecule has 2 aromatic carbocycles. The van der Waals surface area contributed by atoms with Crippen molar-refractivity contribution in [1.82, 2.24) is 15.1 Å². The number of methoxy groups -OCH3 is 1. The number of rotatable bonds is 7. The highest BCUT2D eigenvalue weighted by atomic mass is 35.5. The Morgan fingerprint density at radius 1 is 1.12 bits per heavy atom. The van der Waals surface area contributed by atoms with Gasteiger partial charge in [-0.3, -0.25) is 19.8 Å². The lowest BCUT2D eigenvalue weighted by Crippen LogP contribution is -2.36. The van der Waals surface area contributed by atoms with Crippen molar-refractivity contribution in [3.63, 3.8) is 0 Å². The average molecular weight is 482 g/mol. The molecule has 34 heavy (non-hydrogen) atoms. The molecular formula is C26H32ClN5O2. The molecule has 1 heterocycles. The van der Waals surface area contributed by atoms with E-state index < -0.39 is 0 Å². The van der Waals surface area contributed by atoms with Crippen molar-refractivity contribution in [2.45, 2.75) is 47.6 Å². The van der Waals surface area contributed by atoms with Crippen molar-refractivity contribution in [3.05, 3.63) is 75.1 Å². The third kappa shape index (κ3) is 6.17. The SMILES string of the molecule is CCn1nc(C)c(CCN=C(NC(=O)c2cc(C)cc(C)c2)Nc2cc(Cl)ccc2OC)c1C. The number of aryl methyl sites for hydroxylation is 4. The highest BCUT2D eigenvalue weighted by molar-refractivity contribution is 6.31. The van der Waals surface area contributed by atoms with Gasteiger partial charge < -0.3 is 10.1 Å². The zero-order valence-electron chi connectivity index (χ0n) is 20.6. The molecule has 0 bridgehead atoms. The summed E-state index contributed by atoms with van der Waals surface area (Å²) in [5.74, 6) is 0.668. The van der Waals surface area contributed by atoms with Gasteiger partial charge in [0.25, 0.3) is 5.91 Å². The summed E-state index contributed by atoms with van der Waals surface area (Å²) in [4.78, 5) is 17.7. The van der Waals surface area contributed by atoms with Gasteiger partial charge in [-0.15, -0.1) is 0 Å². The molecule has 1 aromatic heterocycles. The van der Waals surface area contributed by atoms with Crippen LogP contribution in [0.25, 0.3) is 0 Å². The molecule has 7 nitrogen and oxygen atoms in total. The first-order chi connectivity index (χ1) is 16.2. The van der Waals surface area contributed by atoms with E-state index in [-0.39, 0.29) is 5.91 Å². The van der Waals surface area contributed by atoms with Gasteiger partial charge in [0.2, 0.25) is 5.96 Å². The molecule has 0 aliphatic rings. The van der Waals surface area contributed by atoms with E-state index in [0.717, 1.165) is 29.1 Å². The van der Waals surface area contributed by atoms with Crippen LogP contribution in [0.5, 0.6) is 5.75 Å². The van der Waals surface area contributed by atoms with Gasteiger partial charge in [0.15, 0.2) is 0 Å². The van der Waals surface area contributed by atoms with Crippen molar-refractivity contribution >= 4 is 29.2 Å². The first kappa shape index (κ1) is 25.3. The predicted octanol–water partition coefficient (Wildman–Crippen LogP) is 5.24. The van der Waals surface area contributed by atoms with E-state index in [1.54, 1.807) is 25.3 Å². The van der Waals surface area contributed by atoms with Crippen LogP contribution in [0.15, 0.2) is 41.4 Å². The first-order valence-electron chi connectivity index (χ1n) is 11.3. The number of benzene rings is 2. The van der Waals surface area contributed by atoms with Crippen molar-refractivity contribution in [3.8, 4) is 5.75 Å². The number of guanidine groups is 1. The van der Waals surface area contributed by atoms with Crippen LogP contribution in [-0.2, 0) is 13.0 Å². The number of carbonyl (C=O) groups excluding carboxylic acids is 1. The van der Waals surface area contributed by atoms with Crippen molar-refractivity contribution in [1.29, 1.82) is 0 Å². The topological polar surface area (TPSA) is 80.5 Å². The summed E-state index contributed by atoms with van der Waals surface area (Å²) in [6.07, 6.45) is 0.703. The number of hydrogen-bond acceptors (Lipinski definition) is 4. The zero-order valence-corrected chi connectivity index (χ0v) is 21.4. The van der Waals surface area contributed by atoms with E-state index in [0.29, 0.717) is 40.9 Å². The molecule has 180 valence electrons. The molecule has 0 aliphatic carbocycles. The van der Waals surface area contributed by atoms with E-state index >= 15 is 0 Å². The number of aromatic nitrogens is 2. The number of carbonyl (C=O) groups is 1. The molecule has 3 rings (SSSR count). The largest absolute Gasteiger partial charge is 0.495 e. The Morgan fingerprint density at radius 3 is 2.44 bits per heavy atom. The number of halogens is 1. The van der Waals surface area contributed by atoms with Gasteiger partial charge in [0, 0.05) is 29.4 Å². The van der Waals surface area contributed by atoms with Crippen LogP contribution in [0.1, 0.15) is 45.4 Å². The van der Waals surface area contributed by atoms with Crippen LogP contribution >= 0.6 is 11.6 Å². The van der Waals surface area contributed by atoms with Crippen molar-refractivity contribution < 1.29 is 9.53 Å². The fraction of sp³-hybridized carbons (Fsp3) is 0.346. The average Bonchev–Trinajstić information content (AvgIpc) is 3.06. The summed E-state index contributed by atoms with van der Waals surface area (Å²) < 4.78 is 7.44. The minimum absolute atomic E-state index is 0.245. The first-order valence-corrected chi connectivity index (χ1v) is 11.7. The van der Waals surface area contributed by atoms with Crippen LogP contribution < -0.4 is 15.4 Å². The maximum atomic E-state index is 13.1. The molecule has 0 spiro atoms. The number of amides is 1.